The summed E-state index contributed by atoms with van der Waals surface area (Å²) in [6, 6.07) is 5.54. The van der Waals surface area contributed by atoms with E-state index >= 15 is 0 Å². The monoisotopic (exact) mass is 321 g/mol. The third-order valence-electron chi connectivity index (χ3n) is 1.47. The smallest absolute Gasteiger partial charge is 0.411 e. The predicted octanol–water partition coefficient (Wildman–Crippen LogP) is 3.78. The molecule has 0 heterocycles. The van der Waals surface area contributed by atoms with Crippen LogP contribution in [-0.2, 0) is 4.74 Å². The molecule has 0 radical (unpaired) electrons. The number of benzene rings is 1. The number of hydrogen-bond donors (Lipinski definition) is 1. The van der Waals surface area contributed by atoms with E-state index in [1.165, 1.54) is 0 Å². The molecular formula is C9H9Br2NO2. The minimum atomic E-state index is -0.458. The molecule has 0 aromatic heterocycles. The molecule has 0 spiro atoms. The average molecular weight is 323 g/mol. The van der Waals surface area contributed by atoms with Crippen molar-refractivity contribution in [2.75, 3.05) is 11.9 Å². The minimum absolute atomic E-state index is 0.355. The van der Waals surface area contributed by atoms with Gasteiger partial charge in [0.2, 0.25) is 0 Å². The second kappa shape index (κ2) is 5.36. The molecule has 14 heavy (non-hydrogen) atoms. The van der Waals surface area contributed by atoms with Crippen LogP contribution >= 0.6 is 31.9 Å². The van der Waals surface area contributed by atoms with Crippen molar-refractivity contribution in [3.63, 3.8) is 0 Å². The van der Waals surface area contributed by atoms with Crippen LogP contribution in [0.5, 0.6) is 0 Å². The van der Waals surface area contributed by atoms with Gasteiger partial charge in [0.1, 0.15) is 0 Å². The summed E-state index contributed by atoms with van der Waals surface area (Å²) >= 11 is 6.65. The van der Waals surface area contributed by atoms with Crippen LogP contribution in [0.15, 0.2) is 27.1 Å². The highest BCUT2D eigenvalue weighted by atomic mass is 79.9. The van der Waals surface area contributed by atoms with Gasteiger partial charge in [-0.3, -0.25) is 5.32 Å². The van der Waals surface area contributed by atoms with E-state index in [0.717, 1.165) is 8.95 Å². The van der Waals surface area contributed by atoms with Crippen molar-refractivity contribution in [2.45, 2.75) is 6.92 Å². The maximum atomic E-state index is 11.1. The summed E-state index contributed by atoms with van der Waals surface area (Å²) in [6.45, 7) is 2.11. The standard InChI is InChI=1S/C9H9Br2NO2/c1-2-14-9(13)12-8-6(10)4-3-5-7(8)11/h3-5H,2H2,1H3,(H,12,13). The van der Waals surface area contributed by atoms with Crippen LogP contribution in [0, 0.1) is 0 Å². The highest BCUT2D eigenvalue weighted by Crippen LogP contribution is 2.30. The number of halogens is 2. The van der Waals surface area contributed by atoms with E-state index in [0.29, 0.717) is 12.3 Å². The zero-order chi connectivity index (χ0) is 10.6. The quantitative estimate of drug-likeness (QED) is 0.899. The maximum absolute atomic E-state index is 11.1. The Morgan fingerprint density at radius 2 is 2.00 bits per heavy atom. The summed E-state index contributed by atoms with van der Waals surface area (Å²) in [6.07, 6.45) is -0.458. The lowest BCUT2D eigenvalue weighted by atomic mass is 10.3. The molecule has 5 heteroatoms. The topological polar surface area (TPSA) is 38.3 Å². The first-order valence-corrected chi connectivity index (χ1v) is 5.61. The van der Waals surface area contributed by atoms with Crippen LogP contribution in [0.25, 0.3) is 0 Å². The summed E-state index contributed by atoms with van der Waals surface area (Å²) in [5.74, 6) is 0. The van der Waals surface area contributed by atoms with Gasteiger partial charge in [-0.1, -0.05) is 6.07 Å². The fraction of sp³-hybridized carbons (Fsp3) is 0.222. The van der Waals surface area contributed by atoms with Crippen LogP contribution in [0.3, 0.4) is 0 Å². The number of carbonyl (C=O) groups excluding carboxylic acids is 1. The molecule has 76 valence electrons. The van der Waals surface area contributed by atoms with Crippen LogP contribution in [0.2, 0.25) is 0 Å². The molecule has 0 saturated carbocycles. The lowest BCUT2D eigenvalue weighted by Gasteiger charge is -2.08. The van der Waals surface area contributed by atoms with Crippen molar-refractivity contribution in [1.82, 2.24) is 0 Å². The van der Waals surface area contributed by atoms with Gasteiger partial charge in [-0.25, -0.2) is 4.79 Å². The molecule has 0 fully saturated rings. The largest absolute Gasteiger partial charge is 0.450 e. The average Bonchev–Trinajstić information content (AvgIpc) is 2.12. The highest BCUT2D eigenvalue weighted by Gasteiger charge is 2.08. The molecule has 0 saturated heterocycles. The van der Waals surface area contributed by atoms with Crippen LogP contribution in [-0.4, -0.2) is 12.7 Å². The first-order valence-electron chi connectivity index (χ1n) is 4.03. The Balaban J connectivity index is 2.80. The maximum Gasteiger partial charge on any atom is 0.411 e. The van der Waals surface area contributed by atoms with Gasteiger partial charge in [0, 0.05) is 8.95 Å². The number of ether oxygens (including phenoxy) is 1. The van der Waals surface area contributed by atoms with E-state index in [2.05, 4.69) is 37.2 Å². The van der Waals surface area contributed by atoms with Crippen molar-refractivity contribution in [1.29, 1.82) is 0 Å². The van der Waals surface area contributed by atoms with Gasteiger partial charge in [0.25, 0.3) is 0 Å². The van der Waals surface area contributed by atoms with Crippen molar-refractivity contribution >= 4 is 43.6 Å². The number of hydrogen-bond acceptors (Lipinski definition) is 2. The van der Waals surface area contributed by atoms with Crippen LogP contribution < -0.4 is 5.32 Å². The molecule has 1 amide bonds. The Kier molecular flexibility index (Phi) is 4.41. The SMILES string of the molecule is CCOC(=O)Nc1c(Br)cccc1Br. The van der Waals surface area contributed by atoms with Gasteiger partial charge in [-0.2, -0.15) is 0 Å². The molecule has 3 nitrogen and oxygen atoms in total. The summed E-state index contributed by atoms with van der Waals surface area (Å²) in [7, 11) is 0. The van der Waals surface area contributed by atoms with E-state index in [1.54, 1.807) is 6.92 Å². The summed E-state index contributed by atoms with van der Waals surface area (Å²) in [5, 5.41) is 2.62. The molecule has 1 rings (SSSR count). The molecule has 0 bridgehead atoms. The first kappa shape index (κ1) is 11.5. The Morgan fingerprint density at radius 3 is 2.50 bits per heavy atom. The Labute approximate surface area is 99.1 Å². The fourth-order valence-electron chi connectivity index (χ4n) is 0.886. The predicted molar refractivity (Wildman–Crippen MR) is 62.5 cm³/mol. The van der Waals surface area contributed by atoms with Gasteiger partial charge in [-0.15, -0.1) is 0 Å². The van der Waals surface area contributed by atoms with Crippen molar-refractivity contribution in [2.24, 2.45) is 0 Å². The molecule has 1 aromatic carbocycles. The number of anilines is 1. The second-order valence-corrected chi connectivity index (χ2v) is 4.15. The van der Waals surface area contributed by atoms with E-state index in [4.69, 9.17) is 4.74 Å². The van der Waals surface area contributed by atoms with Crippen LogP contribution in [0.4, 0.5) is 10.5 Å². The van der Waals surface area contributed by atoms with Gasteiger partial charge < -0.3 is 4.74 Å². The second-order valence-electron chi connectivity index (χ2n) is 2.44. The summed E-state index contributed by atoms with van der Waals surface area (Å²) < 4.78 is 6.38. The Morgan fingerprint density at radius 1 is 1.43 bits per heavy atom. The summed E-state index contributed by atoms with van der Waals surface area (Å²) in [5.41, 5.74) is 0.672. The highest BCUT2D eigenvalue weighted by molar-refractivity contribution is 9.11. The van der Waals surface area contributed by atoms with E-state index in [9.17, 15) is 4.79 Å². The number of amides is 1. The van der Waals surface area contributed by atoms with Crippen molar-refractivity contribution in [3.8, 4) is 0 Å². The molecule has 0 aliphatic rings. The van der Waals surface area contributed by atoms with Gasteiger partial charge >= 0.3 is 6.09 Å². The van der Waals surface area contributed by atoms with E-state index < -0.39 is 6.09 Å². The number of carbonyl (C=O) groups is 1. The van der Waals surface area contributed by atoms with E-state index in [1.807, 2.05) is 18.2 Å². The normalized spacial score (nSPS) is 9.64. The van der Waals surface area contributed by atoms with Gasteiger partial charge in [0.05, 0.1) is 12.3 Å². The van der Waals surface area contributed by atoms with Gasteiger partial charge in [-0.05, 0) is 50.9 Å². The third kappa shape index (κ3) is 2.99. The molecule has 0 atom stereocenters. The number of nitrogens with one attached hydrogen (secondary N) is 1. The number of rotatable bonds is 2. The van der Waals surface area contributed by atoms with Crippen molar-refractivity contribution < 1.29 is 9.53 Å². The molecular weight excluding hydrogens is 314 g/mol. The molecule has 0 aliphatic heterocycles. The van der Waals surface area contributed by atoms with Crippen molar-refractivity contribution in [3.05, 3.63) is 27.1 Å². The third-order valence-corrected chi connectivity index (χ3v) is 2.79. The molecule has 1 N–H and O–H groups in total. The molecule has 0 aliphatic carbocycles. The minimum Gasteiger partial charge on any atom is -0.450 e. The lowest BCUT2D eigenvalue weighted by Crippen LogP contribution is -2.13. The molecule has 0 unspecified atom stereocenters. The van der Waals surface area contributed by atoms with Gasteiger partial charge in [0.15, 0.2) is 0 Å². The first-order chi connectivity index (χ1) is 6.65. The Hall–Kier alpha value is -0.550. The Bertz CT molecular complexity index is 321. The summed E-state index contributed by atoms with van der Waals surface area (Å²) in [4.78, 5) is 11.1. The fourth-order valence-corrected chi connectivity index (χ4v) is 2.08. The number of para-hydroxylation sites is 1. The van der Waals surface area contributed by atoms with E-state index in [-0.39, 0.29) is 0 Å². The zero-order valence-electron chi connectivity index (χ0n) is 7.51. The van der Waals surface area contributed by atoms with Crippen LogP contribution in [0.1, 0.15) is 6.92 Å². The lowest BCUT2D eigenvalue weighted by molar-refractivity contribution is 0.168. The zero-order valence-corrected chi connectivity index (χ0v) is 10.7. The molecule has 1 aromatic rings.